The molecule has 1 atom stereocenters. The molecule has 0 spiro atoms. The Morgan fingerprint density at radius 1 is 1.76 bits per heavy atom. The van der Waals surface area contributed by atoms with Crippen molar-refractivity contribution in [2.24, 2.45) is 10.9 Å². The van der Waals surface area contributed by atoms with Gasteiger partial charge in [-0.2, -0.15) is 0 Å². The second kappa shape index (κ2) is 4.83. The molecular formula is C12H11ClIN3. The van der Waals surface area contributed by atoms with Crippen LogP contribution in [0.3, 0.4) is 0 Å². The molecule has 0 saturated heterocycles. The van der Waals surface area contributed by atoms with E-state index in [1.807, 2.05) is 11.1 Å². The number of terminal acetylenes is 1. The zero-order valence-corrected chi connectivity index (χ0v) is 12.0. The average Bonchev–Trinajstić information content (AvgIpc) is 3.08. The Morgan fingerprint density at radius 2 is 2.41 bits per heavy atom. The fourth-order valence-electron chi connectivity index (χ4n) is 1.84. The van der Waals surface area contributed by atoms with Gasteiger partial charge in [0.1, 0.15) is 11.0 Å². The van der Waals surface area contributed by atoms with Crippen molar-refractivity contribution in [1.82, 2.24) is 4.90 Å². The standard InChI is InChI=1S/C12H11ClIN3/c1-3-9(7-4-5-7)17-6-8(14)10(12(17)15)11(13)16-2/h1,6-7,9,15H,2,4-5H2/b11-10-,15-12?. The lowest BCUT2D eigenvalue weighted by Crippen LogP contribution is -2.34. The van der Waals surface area contributed by atoms with Gasteiger partial charge in [-0.3, -0.25) is 10.4 Å². The van der Waals surface area contributed by atoms with Gasteiger partial charge in [-0.15, -0.1) is 6.42 Å². The average molecular weight is 360 g/mol. The summed E-state index contributed by atoms with van der Waals surface area (Å²) in [7, 11) is 0. The summed E-state index contributed by atoms with van der Waals surface area (Å²) in [6.45, 7) is 3.39. The second-order valence-corrected chi connectivity index (χ2v) is 5.53. The van der Waals surface area contributed by atoms with Crippen LogP contribution in [0.5, 0.6) is 0 Å². The first-order chi connectivity index (χ1) is 8.10. The molecule has 1 aliphatic carbocycles. The van der Waals surface area contributed by atoms with Crippen LogP contribution in [-0.4, -0.2) is 23.5 Å². The highest BCUT2D eigenvalue weighted by molar-refractivity contribution is 14.1. The van der Waals surface area contributed by atoms with Gasteiger partial charge in [-0.05, 0) is 48.1 Å². The van der Waals surface area contributed by atoms with Crippen LogP contribution < -0.4 is 0 Å². The van der Waals surface area contributed by atoms with Crippen LogP contribution in [-0.2, 0) is 0 Å². The topological polar surface area (TPSA) is 39.5 Å². The molecule has 3 nitrogen and oxygen atoms in total. The van der Waals surface area contributed by atoms with Gasteiger partial charge < -0.3 is 4.90 Å². The van der Waals surface area contributed by atoms with Gasteiger partial charge in [-0.1, -0.05) is 17.5 Å². The van der Waals surface area contributed by atoms with Crippen molar-refractivity contribution in [1.29, 1.82) is 5.41 Å². The molecule has 2 aliphatic rings. The van der Waals surface area contributed by atoms with Crippen LogP contribution in [0, 0.1) is 23.7 Å². The molecule has 1 fully saturated rings. The molecule has 0 aromatic rings. The summed E-state index contributed by atoms with van der Waals surface area (Å²) in [6, 6.07) is -0.0425. The van der Waals surface area contributed by atoms with E-state index in [0.717, 1.165) is 16.4 Å². The Kier molecular flexibility index (Phi) is 3.59. The molecule has 0 aromatic heterocycles. The lowest BCUT2D eigenvalue weighted by molar-refractivity contribution is 0.442. The predicted octanol–water partition coefficient (Wildman–Crippen LogP) is 3.12. The molecule has 5 heteroatoms. The van der Waals surface area contributed by atoms with Gasteiger partial charge in [-0.25, -0.2) is 0 Å². The number of amidine groups is 1. The van der Waals surface area contributed by atoms with Gasteiger partial charge in [0.25, 0.3) is 0 Å². The van der Waals surface area contributed by atoms with E-state index in [2.05, 4.69) is 40.2 Å². The zero-order chi connectivity index (χ0) is 12.6. The largest absolute Gasteiger partial charge is 0.317 e. The van der Waals surface area contributed by atoms with Crippen LogP contribution in [0.15, 0.2) is 25.5 Å². The summed E-state index contributed by atoms with van der Waals surface area (Å²) in [5.41, 5.74) is 0.614. The van der Waals surface area contributed by atoms with Gasteiger partial charge in [0.05, 0.1) is 11.6 Å². The highest BCUT2D eigenvalue weighted by atomic mass is 127. The second-order valence-electron chi connectivity index (χ2n) is 4.01. The van der Waals surface area contributed by atoms with Crippen molar-refractivity contribution in [3.05, 3.63) is 20.5 Å². The SMILES string of the molecule is C#CC(C1CC1)N1C=C(I)/C(=C(\Cl)N=C)C1=N. The molecule has 0 aromatic carbocycles. The Hall–Kier alpha value is -0.800. The number of hydrogen-bond acceptors (Lipinski definition) is 2. The summed E-state index contributed by atoms with van der Waals surface area (Å²) in [5, 5.41) is 8.38. The molecule has 0 amide bonds. The molecule has 2 rings (SSSR count). The third kappa shape index (κ3) is 2.26. The van der Waals surface area contributed by atoms with E-state index in [4.69, 9.17) is 23.4 Å². The molecule has 17 heavy (non-hydrogen) atoms. The maximum atomic E-state index is 8.13. The Balaban J connectivity index is 2.33. The van der Waals surface area contributed by atoms with E-state index >= 15 is 0 Å². The smallest absolute Gasteiger partial charge is 0.140 e. The maximum Gasteiger partial charge on any atom is 0.140 e. The minimum Gasteiger partial charge on any atom is -0.317 e. The van der Waals surface area contributed by atoms with Crippen molar-refractivity contribution in [2.75, 3.05) is 0 Å². The normalized spacial score (nSPS) is 24.2. The monoisotopic (exact) mass is 359 g/mol. The maximum absolute atomic E-state index is 8.13. The third-order valence-corrected chi connectivity index (χ3v) is 4.00. The van der Waals surface area contributed by atoms with Crippen molar-refractivity contribution in [2.45, 2.75) is 18.9 Å². The molecule has 0 radical (unpaired) electrons. The summed E-state index contributed by atoms with van der Waals surface area (Å²) >= 11 is 8.09. The highest BCUT2D eigenvalue weighted by Gasteiger charge is 2.38. The molecular weight excluding hydrogens is 349 g/mol. The number of aliphatic imine (C=N–C) groups is 1. The third-order valence-electron chi connectivity index (χ3n) is 2.87. The Bertz CT molecular complexity index is 482. The predicted molar refractivity (Wildman–Crippen MR) is 79.4 cm³/mol. The molecule has 1 aliphatic heterocycles. The van der Waals surface area contributed by atoms with E-state index in [1.165, 1.54) is 0 Å². The zero-order valence-electron chi connectivity index (χ0n) is 9.08. The minimum absolute atomic E-state index is 0.0425. The summed E-state index contributed by atoms with van der Waals surface area (Å²) in [4.78, 5) is 5.49. The lowest BCUT2D eigenvalue weighted by atomic mass is 10.1. The fraction of sp³-hybridized carbons (Fsp3) is 0.333. The molecule has 0 bridgehead atoms. The van der Waals surface area contributed by atoms with Gasteiger partial charge in [0.2, 0.25) is 0 Å². The van der Waals surface area contributed by atoms with E-state index in [0.29, 0.717) is 17.3 Å². The molecule has 88 valence electrons. The van der Waals surface area contributed by atoms with Crippen molar-refractivity contribution in [3.8, 4) is 12.3 Å². The highest BCUT2D eigenvalue weighted by Crippen LogP contribution is 2.40. The van der Waals surface area contributed by atoms with Crippen molar-refractivity contribution in [3.63, 3.8) is 0 Å². The summed E-state index contributed by atoms with van der Waals surface area (Å²) in [5.74, 6) is 3.58. The first-order valence-corrected chi connectivity index (χ1v) is 6.63. The summed E-state index contributed by atoms with van der Waals surface area (Å²) in [6.07, 6.45) is 9.69. The van der Waals surface area contributed by atoms with Crippen LogP contribution >= 0.6 is 34.2 Å². The van der Waals surface area contributed by atoms with Crippen LogP contribution in [0.1, 0.15) is 12.8 Å². The Morgan fingerprint density at radius 3 is 2.88 bits per heavy atom. The molecule has 1 N–H and O–H groups in total. The first-order valence-electron chi connectivity index (χ1n) is 5.17. The quantitative estimate of drug-likeness (QED) is 0.358. The van der Waals surface area contributed by atoms with Gasteiger partial charge in [0, 0.05) is 9.78 Å². The van der Waals surface area contributed by atoms with Crippen molar-refractivity contribution < 1.29 is 0 Å². The van der Waals surface area contributed by atoms with E-state index in [9.17, 15) is 0 Å². The van der Waals surface area contributed by atoms with Crippen molar-refractivity contribution >= 4 is 46.7 Å². The lowest BCUT2D eigenvalue weighted by Gasteiger charge is -2.23. The molecule has 1 saturated carbocycles. The first kappa shape index (κ1) is 12.7. The minimum atomic E-state index is -0.0425. The van der Waals surface area contributed by atoms with Crippen LogP contribution in [0.4, 0.5) is 0 Å². The van der Waals surface area contributed by atoms with E-state index < -0.39 is 0 Å². The van der Waals surface area contributed by atoms with Gasteiger partial charge in [0.15, 0.2) is 0 Å². The number of nitrogens with zero attached hydrogens (tertiary/aromatic N) is 2. The van der Waals surface area contributed by atoms with Crippen LogP contribution in [0.2, 0.25) is 0 Å². The van der Waals surface area contributed by atoms with E-state index in [-0.39, 0.29) is 11.2 Å². The van der Waals surface area contributed by atoms with Crippen LogP contribution in [0.25, 0.3) is 0 Å². The van der Waals surface area contributed by atoms with Gasteiger partial charge >= 0.3 is 0 Å². The molecule has 1 heterocycles. The Labute approximate surface area is 119 Å². The number of nitrogens with one attached hydrogen (secondary N) is 1. The summed E-state index contributed by atoms with van der Waals surface area (Å²) < 4.78 is 0.880. The number of hydrogen-bond donors (Lipinski definition) is 1. The number of halogens is 2. The molecule has 1 unspecified atom stereocenters. The number of rotatable bonds is 3. The van der Waals surface area contributed by atoms with E-state index in [1.54, 1.807) is 0 Å². The fourth-order valence-corrected chi connectivity index (χ4v) is 3.01.